The van der Waals surface area contributed by atoms with E-state index in [-0.39, 0.29) is 23.0 Å². The number of nitrogens with zero attached hydrogens (tertiary/aromatic N) is 3. The molecule has 174 valence electrons. The summed E-state index contributed by atoms with van der Waals surface area (Å²) >= 11 is 0. The van der Waals surface area contributed by atoms with Crippen LogP contribution in [0.5, 0.6) is 0 Å². The highest BCUT2D eigenvalue weighted by Crippen LogP contribution is 2.26. The summed E-state index contributed by atoms with van der Waals surface area (Å²) in [4.78, 5) is 26.6. The predicted octanol–water partition coefficient (Wildman–Crippen LogP) is 3.27. The topological polar surface area (TPSA) is 108 Å². The maximum atomic E-state index is 13.2. The lowest BCUT2D eigenvalue weighted by molar-refractivity contribution is -0.121. The van der Waals surface area contributed by atoms with Crippen LogP contribution in [0.1, 0.15) is 42.1 Å². The summed E-state index contributed by atoms with van der Waals surface area (Å²) in [5.74, 6) is -1.35. The second kappa shape index (κ2) is 10.6. The molecule has 1 amide bonds. The number of anilines is 1. The Labute approximate surface area is 194 Å². The van der Waals surface area contributed by atoms with Crippen molar-refractivity contribution in [3.05, 3.63) is 59.7 Å². The molecule has 3 rings (SSSR count). The lowest BCUT2D eigenvalue weighted by Crippen LogP contribution is -2.42. The number of amides is 1. The number of hydrogen-bond donors (Lipinski definition) is 0. The van der Waals surface area contributed by atoms with Crippen LogP contribution in [-0.4, -0.2) is 50.3 Å². The minimum absolute atomic E-state index is 0.0236. The number of rotatable bonds is 7. The number of carbonyl (C=O) groups is 2. The molecule has 1 fully saturated rings. The molecule has 1 aliphatic rings. The molecule has 0 N–H and O–H groups in total. The Morgan fingerprint density at radius 1 is 1.18 bits per heavy atom. The van der Waals surface area contributed by atoms with E-state index in [1.807, 2.05) is 13.0 Å². The van der Waals surface area contributed by atoms with Crippen molar-refractivity contribution in [3.8, 4) is 6.07 Å². The third-order valence-corrected chi connectivity index (χ3v) is 7.71. The molecule has 0 radical (unpaired) electrons. The number of aryl methyl sites for hydroxylation is 1. The van der Waals surface area contributed by atoms with E-state index in [1.54, 1.807) is 43.3 Å². The molecule has 8 nitrogen and oxygen atoms in total. The van der Waals surface area contributed by atoms with Crippen LogP contribution in [0.3, 0.4) is 0 Å². The van der Waals surface area contributed by atoms with Gasteiger partial charge in [0, 0.05) is 18.3 Å². The normalized spacial score (nSPS) is 16.6. The number of nitriles is 1. The van der Waals surface area contributed by atoms with Gasteiger partial charge in [0.05, 0.1) is 16.5 Å². The number of sulfonamides is 1. The van der Waals surface area contributed by atoms with Gasteiger partial charge in [0.15, 0.2) is 6.61 Å². The van der Waals surface area contributed by atoms with Crippen molar-refractivity contribution in [2.24, 2.45) is 0 Å². The number of ether oxygens (including phenoxy) is 1. The highest BCUT2D eigenvalue weighted by molar-refractivity contribution is 7.89. The van der Waals surface area contributed by atoms with Crippen molar-refractivity contribution < 1.29 is 22.7 Å². The quantitative estimate of drug-likeness (QED) is 0.455. The number of carbonyl (C=O) groups excluding carboxylic acids is 2. The summed E-state index contributed by atoms with van der Waals surface area (Å²) in [6, 6.07) is 14.8. The van der Waals surface area contributed by atoms with E-state index in [9.17, 15) is 18.0 Å². The van der Waals surface area contributed by atoms with Crippen LogP contribution in [0.25, 0.3) is 0 Å². The molecule has 0 saturated carbocycles. The minimum Gasteiger partial charge on any atom is -0.452 e. The Kier molecular flexibility index (Phi) is 7.84. The first-order valence-electron chi connectivity index (χ1n) is 10.8. The summed E-state index contributed by atoms with van der Waals surface area (Å²) in [7, 11) is -3.76. The molecule has 1 saturated heterocycles. The Morgan fingerprint density at radius 3 is 2.58 bits per heavy atom. The number of para-hydroxylation sites is 1. The molecule has 0 spiro atoms. The van der Waals surface area contributed by atoms with Crippen molar-refractivity contribution >= 4 is 27.6 Å². The first-order valence-corrected chi connectivity index (χ1v) is 12.2. The molecule has 33 heavy (non-hydrogen) atoms. The van der Waals surface area contributed by atoms with Crippen molar-refractivity contribution in [3.63, 3.8) is 0 Å². The van der Waals surface area contributed by atoms with Gasteiger partial charge in [-0.15, -0.1) is 0 Å². The Morgan fingerprint density at radius 2 is 1.91 bits per heavy atom. The molecular formula is C24H27N3O5S. The van der Waals surface area contributed by atoms with Crippen LogP contribution in [0.15, 0.2) is 53.4 Å². The molecule has 1 heterocycles. The smallest absolute Gasteiger partial charge is 0.338 e. The molecule has 2 aromatic carbocycles. The summed E-state index contributed by atoms with van der Waals surface area (Å²) in [5, 5.41) is 9.06. The van der Waals surface area contributed by atoms with Crippen LogP contribution < -0.4 is 4.90 Å². The van der Waals surface area contributed by atoms with Gasteiger partial charge >= 0.3 is 5.97 Å². The molecular weight excluding hydrogens is 442 g/mol. The fourth-order valence-electron chi connectivity index (χ4n) is 3.83. The number of benzene rings is 2. The van der Waals surface area contributed by atoms with Crippen LogP contribution in [0.2, 0.25) is 0 Å². The predicted molar refractivity (Wildman–Crippen MR) is 123 cm³/mol. The summed E-state index contributed by atoms with van der Waals surface area (Å²) in [6.45, 7) is 3.23. The van der Waals surface area contributed by atoms with E-state index < -0.39 is 28.5 Å². The second-order valence-electron chi connectivity index (χ2n) is 7.99. The van der Waals surface area contributed by atoms with Gasteiger partial charge in [0.2, 0.25) is 10.0 Å². The van der Waals surface area contributed by atoms with Gasteiger partial charge in [0.1, 0.15) is 6.54 Å². The van der Waals surface area contributed by atoms with E-state index in [0.717, 1.165) is 19.3 Å². The standard InChI is InChI=1S/C24H27N3O5S/c1-18-11-12-21(33(30,31)27-14-7-6-8-19(27)2)16-22(18)24(29)32-17-23(28)26(15-13-25)20-9-4-3-5-10-20/h3-5,9-12,16,19H,6-8,14-15,17H2,1-2H3. The largest absolute Gasteiger partial charge is 0.452 e. The Hall–Kier alpha value is -3.22. The zero-order valence-electron chi connectivity index (χ0n) is 18.7. The zero-order chi connectivity index (χ0) is 24.0. The average molecular weight is 470 g/mol. The third-order valence-electron chi connectivity index (χ3n) is 5.70. The molecule has 1 aliphatic heterocycles. The molecule has 0 aliphatic carbocycles. The van der Waals surface area contributed by atoms with Crippen molar-refractivity contribution in [1.82, 2.24) is 4.31 Å². The van der Waals surface area contributed by atoms with Crippen molar-refractivity contribution in [2.45, 2.75) is 44.0 Å². The Bertz CT molecular complexity index is 1160. The van der Waals surface area contributed by atoms with Crippen LogP contribution in [0, 0.1) is 18.3 Å². The average Bonchev–Trinajstić information content (AvgIpc) is 2.81. The fraction of sp³-hybridized carbons (Fsp3) is 0.375. The van der Waals surface area contributed by atoms with E-state index in [2.05, 4.69) is 0 Å². The van der Waals surface area contributed by atoms with Crippen molar-refractivity contribution in [2.75, 3.05) is 24.6 Å². The second-order valence-corrected chi connectivity index (χ2v) is 9.88. The fourth-order valence-corrected chi connectivity index (χ4v) is 5.56. The maximum absolute atomic E-state index is 13.2. The van der Waals surface area contributed by atoms with Crippen LogP contribution >= 0.6 is 0 Å². The van der Waals surface area contributed by atoms with Crippen LogP contribution in [0.4, 0.5) is 5.69 Å². The summed E-state index contributed by atoms with van der Waals surface area (Å²) < 4.78 is 33.0. The maximum Gasteiger partial charge on any atom is 0.338 e. The van der Waals surface area contributed by atoms with E-state index >= 15 is 0 Å². The lowest BCUT2D eigenvalue weighted by Gasteiger charge is -2.32. The molecule has 9 heteroatoms. The van der Waals surface area contributed by atoms with E-state index in [4.69, 9.17) is 10.00 Å². The highest BCUT2D eigenvalue weighted by Gasteiger charge is 2.31. The monoisotopic (exact) mass is 469 g/mol. The third kappa shape index (κ3) is 5.59. The molecule has 1 unspecified atom stereocenters. The number of hydrogen-bond acceptors (Lipinski definition) is 6. The Balaban J connectivity index is 1.76. The summed E-state index contributed by atoms with van der Waals surface area (Å²) in [6.07, 6.45) is 2.58. The van der Waals surface area contributed by atoms with Gasteiger partial charge in [-0.05, 0) is 56.5 Å². The molecule has 0 aromatic heterocycles. The van der Waals surface area contributed by atoms with Crippen LogP contribution in [-0.2, 0) is 19.6 Å². The zero-order valence-corrected chi connectivity index (χ0v) is 19.5. The van der Waals surface area contributed by atoms with Gasteiger partial charge in [-0.25, -0.2) is 13.2 Å². The first-order chi connectivity index (χ1) is 15.8. The molecule has 2 aromatic rings. The molecule has 0 bridgehead atoms. The number of piperidine rings is 1. The SMILES string of the molecule is Cc1ccc(S(=O)(=O)N2CCCCC2C)cc1C(=O)OCC(=O)N(CC#N)c1ccccc1. The van der Waals surface area contributed by atoms with E-state index in [1.165, 1.54) is 21.3 Å². The molecule has 1 atom stereocenters. The van der Waals surface area contributed by atoms with Gasteiger partial charge in [-0.2, -0.15) is 9.57 Å². The number of esters is 1. The van der Waals surface area contributed by atoms with Gasteiger partial charge in [-0.1, -0.05) is 30.7 Å². The van der Waals surface area contributed by atoms with Gasteiger partial charge in [-0.3, -0.25) is 9.69 Å². The lowest BCUT2D eigenvalue weighted by atomic mass is 10.1. The minimum atomic E-state index is -3.76. The van der Waals surface area contributed by atoms with Crippen molar-refractivity contribution in [1.29, 1.82) is 5.26 Å². The highest BCUT2D eigenvalue weighted by atomic mass is 32.2. The van der Waals surface area contributed by atoms with E-state index in [0.29, 0.717) is 17.8 Å². The summed E-state index contributed by atoms with van der Waals surface area (Å²) in [5.41, 5.74) is 1.13. The first kappa shape index (κ1) is 24.4. The van der Waals surface area contributed by atoms with Gasteiger partial charge < -0.3 is 4.74 Å². The van der Waals surface area contributed by atoms with Gasteiger partial charge in [0.25, 0.3) is 5.91 Å².